The normalized spacial score (nSPS) is 16.4. The molecular weight excluding hydrogens is 470 g/mol. The molecule has 0 amide bonds. The third-order valence-corrected chi connectivity index (χ3v) is 7.95. The van der Waals surface area contributed by atoms with Gasteiger partial charge >= 0.3 is 0 Å². The van der Waals surface area contributed by atoms with Crippen LogP contribution in [0.3, 0.4) is 0 Å². The van der Waals surface area contributed by atoms with Gasteiger partial charge in [-0.25, -0.2) is 0 Å². The topological polar surface area (TPSA) is 50.4 Å². The van der Waals surface area contributed by atoms with Gasteiger partial charge in [0, 0.05) is 43.3 Å². The minimum absolute atomic E-state index is 0.404. The molecule has 182 valence electrons. The fraction of sp³-hybridized carbons (Fsp3) is 0.121. The standard InChI is InChI=1S/C33H29N3S/c1-22-8-7-11-25(18-22)28-19-29-27-12-5-6-13-31(27)37-32(29)20-30(28)36-26-16-14-24(15-17-26)33(34)35-21-23-9-3-2-4-10-23/h2-7,9-22,33,36H,8,34H2,1H3/b35-21+/t22-,33?/m0/s1. The molecule has 6 rings (SSSR count). The fourth-order valence-electron chi connectivity index (χ4n) is 4.84. The summed E-state index contributed by atoms with van der Waals surface area (Å²) in [7, 11) is 0. The van der Waals surface area contributed by atoms with Crippen LogP contribution >= 0.6 is 11.3 Å². The summed E-state index contributed by atoms with van der Waals surface area (Å²) in [6.45, 7) is 2.28. The Morgan fingerprint density at radius 1 is 0.919 bits per heavy atom. The van der Waals surface area contributed by atoms with Gasteiger partial charge in [-0.2, -0.15) is 0 Å². The van der Waals surface area contributed by atoms with Crippen LogP contribution in [0.2, 0.25) is 0 Å². The van der Waals surface area contributed by atoms with Gasteiger partial charge in [-0.05, 0) is 59.4 Å². The highest BCUT2D eigenvalue weighted by molar-refractivity contribution is 7.25. The first-order chi connectivity index (χ1) is 18.1. The summed E-state index contributed by atoms with van der Waals surface area (Å²) in [5.41, 5.74) is 13.0. The van der Waals surface area contributed by atoms with E-state index in [1.165, 1.54) is 31.3 Å². The third kappa shape index (κ3) is 4.99. The molecule has 4 aromatic carbocycles. The molecule has 4 heteroatoms. The number of nitrogens with one attached hydrogen (secondary N) is 1. The molecule has 0 saturated heterocycles. The summed E-state index contributed by atoms with van der Waals surface area (Å²) in [4.78, 5) is 4.53. The van der Waals surface area contributed by atoms with Gasteiger partial charge in [0.2, 0.25) is 0 Å². The zero-order valence-electron chi connectivity index (χ0n) is 20.8. The van der Waals surface area contributed by atoms with E-state index >= 15 is 0 Å². The van der Waals surface area contributed by atoms with Crippen LogP contribution in [0.15, 0.2) is 114 Å². The monoisotopic (exact) mass is 499 g/mol. The third-order valence-electron chi connectivity index (χ3n) is 6.81. The van der Waals surface area contributed by atoms with E-state index in [4.69, 9.17) is 5.73 Å². The number of benzene rings is 4. The summed E-state index contributed by atoms with van der Waals surface area (Å²) < 4.78 is 2.60. The Bertz CT molecular complexity index is 1640. The maximum Gasteiger partial charge on any atom is 0.123 e. The molecule has 1 heterocycles. The lowest BCUT2D eigenvalue weighted by Crippen LogP contribution is -2.07. The average Bonchev–Trinajstić information content (AvgIpc) is 3.29. The first-order valence-corrected chi connectivity index (χ1v) is 13.5. The molecule has 0 saturated carbocycles. The maximum absolute atomic E-state index is 6.35. The Morgan fingerprint density at radius 2 is 1.70 bits per heavy atom. The van der Waals surface area contributed by atoms with E-state index in [2.05, 4.69) is 96.1 Å². The van der Waals surface area contributed by atoms with Crippen molar-refractivity contribution in [1.82, 2.24) is 0 Å². The van der Waals surface area contributed by atoms with Gasteiger partial charge in [0.15, 0.2) is 0 Å². The maximum atomic E-state index is 6.35. The van der Waals surface area contributed by atoms with Crippen LogP contribution in [0.25, 0.3) is 25.7 Å². The van der Waals surface area contributed by atoms with Crippen molar-refractivity contribution in [3.63, 3.8) is 0 Å². The molecule has 37 heavy (non-hydrogen) atoms. The van der Waals surface area contributed by atoms with Gasteiger partial charge in [0.1, 0.15) is 6.17 Å². The fourth-order valence-corrected chi connectivity index (χ4v) is 5.97. The predicted molar refractivity (Wildman–Crippen MR) is 161 cm³/mol. The van der Waals surface area contributed by atoms with Gasteiger partial charge in [-0.3, -0.25) is 4.99 Å². The van der Waals surface area contributed by atoms with E-state index in [-0.39, 0.29) is 0 Å². The summed E-state index contributed by atoms with van der Waals surface area (Å²) >= 11 is 1.84. The molecule has 1 unspecified atom stereocenters. The van der Waals surface area contributed by atoms with Crippen molar-refractivity contribution >= 4 is 54.7 Å². The number of allylic oxidation sites excluding steroid dienone is 4. The zero-order chi connectivity index (χ0) is 25.2. The number of hydrogen-bond acceptors (Lipinski definition) is 4. The van der Waals surface area contributed by atoms with E-state index in [1.54, 1.807) is 0 Å². The summed E-state index contributed by atoms with van der Waals surface area (Å²) in [5.74, 6) is 0.528. The highest BCUT2D eigenvalue weighted by atomic mass is 32.1. The highest BCUT2D eigenvalue weighted by Gasteiger charge is 2.15. The first kappa shape index (κ1) is 23.4. The average molecular weight is 500 g/mol. The van der Waals surface area contributed by atoms with Crippen molar-refractivity contribution in [3.05, 3.63) is 126 Å². The van der Waals surface area contributed by atoms with Crippen molar-refractivity contribution in [1.29, 1.82) is 0 Å². The minimum Gasteiger partial charge on any atom is -0.355 e. The molecule has 0 radical (unpaired) electrons. The molecule has 5 aromatic rings. The molecule has 1 aliphatic rings. The molecule has 3 N–H and O–H groups in total. The molecule has 0 aliphatic heterocycles. The smallest absolute Gasteiger partial charge is 0.123 e. The molecule has 0 fully saturated rings. The van der Waals surface area contributed by atoms with Gasteiger partial charge in [-0.1, -0.05) is 85.8 Å². The van der Waals surface area contributed by atoms with E-state index in [0.29, 0.717) is 5.92 Å². The molecule has 3 nitrogen and oxygen atoms in total. The molecule has 0 spiro atoms. The second kappa shape index (κ2) is 10.2. The Morgan fingerprint density at radius 3 is 2.51 bits per heavy atom. The second-order valence-electron chi connectivity index (χ2n) is 9.61. The number of aliphatic imine (C=N–C) groups is 1. The lowest BCUT2D eigenvalue weighted by molar-refractivity contribution is 0.740. The Balaban J connectivity index is 1.32. The van der Waals surface area contributed by atoms with Gasteiger partial charge < -0.3 is 11.1 Å². The number of rotatable bonds is 6. The number of hydrogen-bond donors (Lipinski definition) is 2. The number of anilines is 2. The summed E-state index contributed by atoms with van der Waals surface area (Å²) in [5, 5.41) is 6.33. The van der Waals surface area contributed by atoms with E-state index in [9.17, 15) is 0 Å². The molecule has 1 aliphatic carbocycles. The van der Waals surface area contributed by atoms with E-state index < -0.39 is 6.17 Å². The van der Waals surface area contributed by atoms with Gasteiger partial charge in [0.25, 0.3) is 0 Å². The van der Waals surface area contributed by atoms with E-state index in [1.807, 2.05) is 47.9 Å². The van der Waals surface area contributed by atoms with E-state index in [0.717, 1.165) is 28.9 Å². The Labute approximate surface area is 221 Å². The highest BCUT2D eigenvalue weighted by Crippen LogP contribution is 2.41. The summed E-state index contributed by atoms with van der Waals surface area (Å²) in [6, 6.07) is 31.6. The van der Waals surface area contributed by atoms with Crippen molar-refractivity contribution in [2.45, 2.75) is 19.5 Å². The van der Waals surface area contributed by atoms with Crippen LogP contribution < -0.4 is 11.1 Å². The molecule has 1 aromatic heterocycles. The largest absolute Gasteiger partial charge is 0.355 e. The second-order valence-corrected chi connectivity index (χ2v) is 10.7. The van der Waals surface area contributed by atoms with Crippen molar-refractivity contribution in [2.75, 3.05) is 5.32 Å². The number of nitrogens with two attached hydrogens (primary N) is 1. The quantitative estimate of drug-likeness (QED) is 0.229. The van der Waals surface area contributed by atoms with Crippen LogP contribution in [0.4, 0.5) is 11.4 Å². The first-order valence-electron chi connectivity index (χ1n) is 12.7. The van der Waals surface area contributed by atoms with Crippen molar-refractivity contribution in [3.8, 4) is 0 Å². The zero-order valence-corrected chi connectivity index (χ0v) is 21.6. The summed E-state index contributed by atoms with van der Waals surface area (Å²) in [6.07, 6.45) is 9.44. The van der Waals surface area contributed by atoms with Gasteiger partial charge in [-0.15, -0.1) is 11.3 Å². The van der Waals surface area contributed by atoms with Crippen LogP contribution in [0, 0.1) is 5.92 Å². The molecule has 2 atom stereocenters. The van der Waals surface area contributed by atoms with Crippen LogP contribution in [0.1, 0.15) is 36.2 Å². The Kier molecular flexibility index (Phi) is 6.44. The number of fused-ring (bicyclic) bond motifs is 3. The van der Waals surface area contributed by atoms with Crippen LogP contribution in [-0.4, -0.2) is 6.21 Å². The molecule has 0 bridgehead atoms. The number of nitrogens with zero attached hydrogens (tertiary/aromatic N) is 1. The lowest BCUT2D eigenvalue weighted by Gasteiger charge is -2.18. The number of thiophene rings is 1. The van der Waals surface area contributed by atoms with Crippen molar-refractivity contribution in [2.24, 2.45) is 16.6 Å². The lowest BCUT2D eigenvalue weighted by atomic mass is 9.92. The Hall–Kier alpha value is -3.99. The van der Waals surface area contributed by atoms with Crippen LogP contribution in [-0.2, 0) is 0 Å². The van der Waals surface area contributed by atoms with Crippen LogP contribution in [0.5, 0.6) is 0 Å². The van der Waals surface area contributed by atoms with Gasteiger partial charge in [0.05, 0.1) is 0 Å². The SMILES string of the molecule is C[C@@H]1C=C(c2cc3c(cc2Nc2ccc(C(N)/N=C/c4ccccc4)cc2)sc2ccccc23)C=CC1. The molecular formula is C33H29N3S. The van der Waals surface area contributed by atoms with Crippen molar-refractivity contribution < 1.29 is 0 Å². The predicted octanol–water partition coefficient (Wildman–Crippen LogP) is 8.85. The minimum atomic E-state index is -0.404.